The highest BCUT2D eigenvalue weighted by molar-refractivity contribution is 6.04. The average Bonchev–Trinajstić information content (AvgIpc) is 2.60. The molecule has 0 radical (unpaired) electrons. The van der Waals surface area contributed by atoms with Gasteiger partial charge >= 0.3 is 12.1 Å². The van der Waals surface area contributed by atoms with Crippen molar-refractivity contribution in [3.8, 4) is 16.9 Å². The number of phenolic OH excluding ortho intramolecular Hbond substituents is 1. The smallest absolute Gasteiger partial charge is 0.419 e. The first kappa shape index (κ1) is 17.7. The van der Waals surface area contributed by atoms with E-state index in [-0.39, 0.29) is 17.7 Å². The van der Waals surface area contributed by atoms with Crippen LogP contribution in [0.1, 0.15) is 22.8 Å². The van der Waals surface area contributed by atoms with E-state index >= 15 is 0 Å². The van der Waals surface area contributed by atoms with E-state index in [9.17, 15) is 23.1 Å². The van der Waals surface area contributed by atoms with Crippen LogP contribution in [0.4, 0.5) is 13.2 Å². The van der Waals surface area contributed by atoms with Crippen LogP contribution >= 0.6 is 0 Å². The Hall–Kier alpha value is -3.09. The molecular weight excluding hydrogens is 347 g/mol. The summed E-state index contributed by atoms with van der Waals surface area (Å²) in [5.74, 6) is -1.37. The van der Waals surface area contributed by atoms with E-state index in [4.69, 9.17) is 4.74 Å². The molecule has 0 bridgehead atoms. The summed E-state index contributed by atoms with van der Waals surface area (Å²) in [6, 6.07) is 9.56. The molecule has 4 nitrogen and oxygen atoms in total. The molecule has 0 spiro atoms. The normalized spacial score (nSPS) is 11.5. The van der Waals surface area contributed by atoms with Crippen LogP contribution in [0.15, 0.2) is 48.7 Å². The molecular formula is C19H14F3NO3. The quantitative estimate of drug-likeness (QED) is 0.681. The van der Waals surface area contributed by atoms with E-state index in [2.05, 4.69) is 4.98 Å². The lowest BCUT2D eigenvalue weighted by Crippen LogP contribution is -2.06. The molecule has 0 saturated heterocycles. The molecule has 0 unspecified atom stereocenters. The Morgan fingerprint density at radius 3 is 2.50 bits per heavy atom. The molecule has 1 heterocycles. The number of rotatable bonds is 3. The highest BCUT2D eigenvalue weighted by Crippen LogP contribution is 2.38. The van der Waals surface area contributed by atoms with Crippen molar-refractivity contribution in [3.05, 3.63) is 59.8 Å². The third-order valence-electron chi connectivity index (χ3n) is 3.87. The van der Waals surface area contributed by atoms with Gasteiger partial charge in [0.05, 0.1) is 23.3 Å². The van der Waals surface area contributed by atoms with Crippen molar-refractivity contribution in [1.29, 1.82) is 0 Å². The summed E-state index contributed by atoms with van der Waals surface area (Å²) in [5, 5.41) is 9.95. The molecule has 2 aromatic carbocycles. The van der Waals surface area contributed by atoms with Gasteiger partial charge in [-0.05, 0) is 48.4 Å². The third kappa shape index (κ3) is 3.33. The standard InChI is InChI=1S/C19H14F3NO3/c1-2-26-18(25)13-7-8-23-16-5-3-11(9-14(13)16)12-4-6-17(24)15(10-12)19(20,21)22/h3-10,24H,2H2,1H3. The second-order valence-electron chi connectivity index (χ2n) is 5.54. The highest BCUT2D eigenvalue weighted by Gasteiger charge is 2.34. The van der Waals surface area contributed by atoms with Gasteiger partial charge in [0.2, 0.25) is 0 Å². The number of pyridine rings is 1. The van der Waals surface area contributed by atoms with Gasteiger partial charge in [-0.25, -0.2) is 4.79 Å². The lowest BCUT2D eigenvalue weighted by atomic mass is 9.99. The number of hydrogen-bond donors (Lipinski definition) is 1. The van der Waals surface area contributed by atoms with E-state index in [1.54, 1.807) is 25.1 Å². The molecule has 3 rings (SSSR count). The molecule has 0 fully saturated rings. The Bertz CT molecular complexity index is 983. The largest absolute Gasteiger partial charge is 0.507 e. The Morgan fingerprint density at radius 2 is 1.81 bits per heavy atom. The number of esters is 1. The van der Waals surface area contributed by atoms with Crippen molar-refractivity contribution < 1.29 is 27.8 Å². The van der Waals surface area contributed by atoms with E-state index in [1.165, 1.54) is 18.3 Å². The van der Waals surface area contributed by atoms with Crippen LogP contribution in [-0.4, -0.2) is 22.7 Å². The molecule has 1 N–H and O–H groups in total. The van der Waals surface area contributed by atoms with Gasteiger partial charge in [0.1, 0.15) is 5.75 Å². The molecule has 0 aliphatic rings. The summed E-state index contributed by atoms with van der Waals surface area (Å²) < 4.78 is 44.1. The fraction of sp³-hybridized carbons (Fsp3) is 0.158. The van der Waals surface area contributed by atoms with E-state index in [1.807, 2.05) is 0 Å². The minimum atomic E-state index is -4.67. The predicted molar refractivity (Wildman–Crippen MR) is 89.8 cm³/mol. The van der Waals surface area contributed by atoms with Gasteiger partial charge in [0.25, 0.3) is 0 Å². The lowest BCUT2D eigenvalue weighted by molar-refractivity contribution is -0.138. The number of benzene rings is 2. The van der Waals surface area contributed by atoms with Crippen molar-refractivity contribution in [2.75, 3.05) is 6.61 Å². The fourth-order valence-electron chi connectivity index (χ4n) is 2.66. The van der Waals surface area contributed by atoms with Gasteiger partial charge in [0.15, 0.2) is 0 Å². The van der Waals surface area contributed by atoms with Gasteiger partial charge < -0.3 is 9.84 Å². The molecule has 134 valence electrons. The Kier molecular flexibility index (Phi) is 4.54. The molecule has 0 atom stereocenters. The van der Waals surface area contributed by atoms with Crippen LogP contribution in [0.25, 0.3) is 22.0 Å². The summed E-state index contributed by atoms with van der Waals surface area (Å²) in [5.41, 5.74) is 0.409. The SMILES string of the molecule is CCOC(=O)c1ccnc2ccc(-c3ccc(O)c(C(F)(F)F)c3)cc12. The third-order valence-corrected chi connectivity index (χ3v) is 3.87. The summed E-state index contributed by atoms with van der Waals surface area (Å²) >= 11 is 0. The van der Waals surface area contributed by atoms with E-state index < -0.39 is 23.5 Å². The molecule has 1 aromatic heterocycles. The summed E-state index contributed by atoms with van der Waals surface area (Å²) in [4.78, 5) is 16.3. The van der Waals surface area contributed by atoms with Crippen molar-refractivity contribution in [2.45, 2.75) is 13.1 Å². The van der Waals surface area contributed by atoms with Crippen LogP contribution in [0.3, 0.4) is 0 Å². The van der Waals surface area contributed by atoms with Gasteiger partial charge in [-0.3, -0.25) is 4.98 Å². The second-order valence-corrected chi connectivity index (χ2v) is 5.54. The molecule has 0 aliphatic carbocycles. The minimum Gasteiger partial charge on any atom is -0.507 e. The second kappa shape index (κ2) is 6.67. The lowest BCUT2D eigenvalue weighted by Gasteiger charge is -2.12. The Balaban J connectivity index is 2.15. The number of phenols is 1. The van der Waals surface area contributed by atoms with Crippen LogP contribution in [0.2, 0.25) is 0 Å². The first-order chi connectivity index (χ1) is 12.3. The highest BCUT2D eigenvalue weighted by atomic mass is 19.4. The van der Waals surface area contributed by atoms with Crippen LogP contribution in [0.5, 0.6) is 5.75 Å². The minimum absolute atomic E-state index is 0.204. The number of carbonyl (C=O) groups excluding carboxylic acids is 1. The Morgan fingerprint density at radius 1 is 1.12 bits per heavy atom. The van der Waals surface area contributed by atoms with Gasteiger partial charge in [-0.15, -0.1) is 0 Å². The molecule has 0 saturated carbocycles. The molecule has 7 heteroatoms. The number of halogens is 3. The maximum Gasteiger partial charge on any atom is 0.419 e. The zero-order chi connectivity index (χ0) is 18.9. The summed E-state index contributed by atoms with van der Waals surface area (Å²) in [6.07, 6.45) is -3.20. The molecule has 3 aromatic rings. The number of hydrogen-bond acceptors (Lipinski definition) is 4. The fourth-order valence-corrected chi connectivity index (χ4v) is 2.66. The van der Waals surface area contributed by atoms with Crippen molar-refractivity contribution in [1.82, 2.24) is 4.98 Å². The van der Waals surface area contributed by atoms with Gasteiger partial charge in [-0.1, -0.05) is 12.1 Å². The van der Waals surface area contributed by atoms with E-state index in [0.717, 1.165) is 12.1 Å². The maximum absolute atomic E-state index is 13.0. The van der Waals surface area contributed by atoms with Crippen molar-refractivity contribution >= 4 is 16.9 Å². The van der Waals surface area contributed by atoms with Crippen LogP contribution in [-0.2, 0) is 10.9 Å². The Labute approximate surface area is 146 Å². The van der Waals surface area contributed by atoms with Crippen molar-refractivity contribution in [2.24, 2.45) is 0 Å². The number of carbonyl (C=O) groups is 1. The monoisotopic (exact) mass is 361 g/mol. The number of ether oxygens (including phenoxy) is 1. The molecule has 0 amide bonds. The van der Waals surface area contributed by atoms with Gasteiger partial charge in [-0.2, -0.15) is 13.2 Å². The first-order valence-corrected chi connectivity index (χ1v) is 7.77. The maximum atomic E-state index is 13.0. The average molecular weight is 361 g/mol. The zero-order valence-electron chi connectivity index (χ0n) is 13.7. The van der Waals surface area contributed by atoms with E-state index in [0.29, 0.717) is 16.5 Å². The number of aromatic hydroxyl groups is 1. The molecule has 26 heavy (non-hydrogen) atoms. The molecule has 0 aliphatic heterocycles. The zero-order valence-corrected chi connectivity index (χ0v) is 13.7. The topological polar surface area (TPSA) is 59.4 Å². The van der Waals surface area contributed by atoms with Crippen molar-refractivity contribution in [3.63, 3.8) is 0 Å². The van der Waals surface area contributed by atoms with Crippen LogP contribution in [0, 0.1) is 0 Å². The summed E-state index contributed by atoms with van der Waals surface area (Å²) in [7, 11) is 0. The van der Waals surface area contributed by atoms with Crippen LogP contribution < -0.4 is 0 Å². The summed E-state index contributed by atoms with van der Waals surface area (Å²) in [6.45, 7) is 1.89. The predicted octanol–water partition coefficient (Wildman–Crippen LogP) is 4.80. The first-order valence-electron chi connectivity index (χ1n) is 7.77. The van der Waals surface area contributed by atoms with Gasteiger partial charge in [0, 0.05) is 11.6 Å². The number of fused-ring (bicyclic) bond motifs is 1. The number of alkyl halides is 3. The number of aromatic nitrogens is 1. The number of nitrogens with zero attached hydrogens (tertiary/aromatic N) is 1.